The highest BCUT2D eigenvalue weighted by Crippen LogP contribution is 2.50. The average molecular weight is 1610 g/mol. The first kappa shape index (κ1) is 77.1. The number of aromatic nitrogens is 3. The summed E-state index contributed by atoms with van der Waals surface area (Å²) in [6.45, 7) is 7.46. The van der Waals surface area contributed by atoms with Crippen LogP contribution in [0.1, 0.15) is 11.1 Å². The van der Waals surface area contributed by atoms with Crippen molar-refractivity contribution in [2.24, 2.45) is 0 Å². The molecule has 3 heterocycles. The summed E-state index contributed by atoms with van der Waals surface area (Å²) in [5.41, 5.74) is 30.7. The van der Waals surface area contributed by atoms with Crippen LogP contribution in [0, 0.1) is 29.2 Å². The third kappa shape index (κ3) is 14.9. The van der Waals surface area contributed by atoms with Gasteiger partial charge in [0.15, 0.2) is 5.69 Å². The number of fused-ring (bicyclic) bond motifs is 9. The molecule has 0 bridgehead atoms. The molecule has 0 aliphatic carbocycles. The third-order valence-corrected chi connectivity index (χ3v) is 23.4. The maximum atomic E-state index is 9.72. The predicted octanol–water partition coefficient (Wildman–Crippen LogP) is 31.7. The Hall–Kier alpha value is -17.6. The Labute approximate surface area is 731 Å². The van der Waals surface area contributed by atoms with Crippen molar-refractivity contribution in [1.29, 1.82) is 10.5 Å². The summed E-state index contributed by atoms with van der Waals surface area (Å²) < 4.78 is 7.07. The summed E-state index contributed by atoms with van der Waals surface area (Å²) in [5, 5.41) is 26.4. The van der Waals surface area contributed by atoms with Gasteiger partial charge >= 0.3 is 0 Å². The first-order chi connectivity index (χ1) is 62.4. The minimum atomic E-state index is 0.586. The standard InChI is InChI=1S/C42H30N2.C38H24N4.C37H25N3/c1-5-15-31(16-6-1)39-30-42-40(37-23-13-14-24-41(37)44(42)35-21-11-4-12-22-35)29-38(39)32-25-27-36(28-26-32)43(33-17-7-2-8-18-33)34-19-9-3-10-20-34;1-40-29-18-22-32(23-19-29)41(31-20-16-27(26-39)17-21-31)37-25-35-33-14-8-9-15-36(33)42(30-12-6-3-7-13-30)38(35)24-34(37)28-10-4-2-5-11-28;38-26-27-13-12-20-31(23-27)39(29-16-6-2-7-17-29)36-25-34-32-21-10-11-22-35(32)40(30-18-8-3-9-19-30)37(34)24-33(36)28-14-4-1-5-15-28/h1-30H;2-25H;1-25H. The monoisotopic (exact) mass is 1610 g/mol. The Morgan fingerprint density at radius 2 is 0.492 bits per heavy atom. The molecule has 22 aromatic rings. The fourth-order valence-corrected chi connectivity index (χ4v) is 17.7. The molecule has 0 fully saturated rings. The zero-order chi connectivity index (χ0) is 84.7. The van der Waals surface area contributed by atoms with Crippen LogP contribution in [0.4, 0.5) is 56.9 Å². The fraction of sp³-hybridized carbons (Fsp3) is 0. The second-order valence-electron chi connectivity index (χ2n) is 30.9. The molecule has 0 atom stereocenters. The van der Waals surface area contributed by atoms with Gasteiger partial charge in [-0.3, -0.25) is 0 Å². The molecule has 0 saturated heterocycles. The SMILES string of the molecule is N#Cc1cccc(N(c2ccccc2)c2cc3c4ccccc4n(-c4ccccc4)c3cc2-c2ccccc2)c1.[C-]#[N+]c1ccc(N(c2ccc(C#N)cc2)c2cc3c4ccccc4n(-c4ccccc4)c3cc2-c2ccccc2)cc1.c1ccc(-c2cc3c(cc2-c2ccc(N(c4ccccc4)c4ccccc4)cc2)c2ccccc2n3-c2ccccc2)cc1. The molecule has 0 aliphatic heterocycles. The minimum Gasteiger partial charge on any atom is -0.311 e. The summed E-state index contributed by atoms with van der Waals surface area (Å²) in [7, 11) is 0. The zero-order valence-corrected chi connectivity index (χ0v) is 68.6. The van der Waals surface area contributed by atoms with E-state index in [1.165, 1.54) is 60.2 Å². The lowest BCUT2D eigenvalue weighted by Crippen LogP contribution is -2.11. The van der Waals surface area contributed by atoms with E-state index in [1.807, 2.05) is 91.0 Å². The molecule has 592 valence electrons. The van der Waals surface area contributed by atoms with E-state index in [9.17, 15) is 10.5 Å². The van der Waals surface area contributed by atoms with E-state index in [0.29, 0.717) is 16.8 Å². The van der Waals surface area contributed by atoms with Crippen LogP contribution in [-0.4, -0.2) is 13.7 Å². The van der Waals surface area contributed by atoms with Crippen LogP contribution in [0.3, 0.4) is 0 Å². The van der Waals surface area contributed by atoms with E-state index < -0.39 is 0 Å². The lowest BCUT2D eigenvalue weighted by Gasteiger charge is -2.28. The number of nitriles is 2. The van der Waals surface area contributed by atoms with Crippen LogP contribution in [0.5, 0.6) is 0 Å². The van der Waals surface area contributed by atoms with Gasteiger partial charge in [-0.25, -0.2) is 4.85 Å². The van der Waals surface area contributed by atoms with Crippen LogP contribution in [0.25, 0.3) is 132 Å². The third-order valence-electron chi connectivity index (χ3n) is 23.4. The van der Waals surface area contributed by atoms with Gasteiger partial charge in [0.05, 0.1) is 74.3 Å². The molecule has 3 aromatic heterocycles. The first-order valence-corrected chi connectivity index (χ1v) is 42.1. The van der Waals surface area contributed by atoms with Gasteiger partial charge in [0.2, 0.25) is 0 Å². The van der Waals surface area contributed by atoms with Crippen molar-refractivity contribution in [3.63, 3.8) is 0 Å². The number of rotatable bonds is 16. The van der Waals surface area contributed by atoms with Gasteiger partial charge in [-0.2, -0.15) is 10.5 Å². The summed E-state index contributed by atoms with van der Waals surface area (Å²) in [5.74, 6) is 0. The number of nitrogens with zero attached hydrogens (tertiary/aromatic N) is 9. The predicted molar refractivity (Wildman–Crippen MR) is 524 cm³/mol. The Morgan fingerprint density at radius 3 is 0.889 bits per heavy atom. The number of para-hydroxylation sites is 9. The topological polar surface area (TPSA) is 76.4 Å². The Morgan fingerprint density at radius 1 is 0.206 bits per heavy atom. The number of anilines is 9. The van der Waals surface area contributed by atoms with Gasteiger partial charge < -0.3 is 28.4 Å². The van der Waals surface area contributed by atoms with Crippen LogP contribution in [-0.2, 0) is 0 Å². The van der Waals surface area contributed by atoms with E-state index in [-0.39, 0.29) is 0 Å². The summed E-state index contributed by atoms with van der Waals surface area (Å²) >= 11 is 0. The molecule has 19 aromatic carbocycles. The molecule has 0 amide bonds. The van der Waals surface area contributed by atoms with Gasteiger partial charge in [0.1, 0.15) is 0 Å². The van der Waals surface area contributed by atoms with Crippen molar-refractivity contribution in [3.05, 3.63) is 502 Å². The van der Waals surface area contributed by atoms with E-state index in [1.54, 1.807) is 0 Å². The Kier molecular flexibility index (Phi) is 21.2. The number of benzene rings is 19. The highest BCUT2D eigenvalue weighted by atomic mass is 15.2. The molecule has 9 heteroatoms. The Balaban J connectivity index is 0.000000119. The van der Waals surface area contributed by atoms with Crippen LogP contribution < -0.4 is 14.7 Å². The van der Waals surface area contributed by atoms with E-state index in [4.69, 9.17) is 6.57 Å². The fourth-order valence-electron chi connectivity index (χ4n) is 17.7. The van der Waals surface area contributed by atoms with E-state index in [2.05, 4.69) is 434 Å². The van der Waals surface area contributed by atoms with Crippen molar-refractivity contribution >= 4 is 122 Å². The highest BCUT2D eigenvalue weighted by molar-refractivity contribution is 6.16. The lowest BCUT2D eigenvalue weighted by atomic mass is 9.92. The summed E-state index contributed by atoms with van der Waals surface area (Å²) in [6.07, 6.45) is 0. The van der Waals surface area contributed by atoms with E-state index >= 15 is 0 Å². The van der Waals surface area contributed by atoms with Crippen molar-refractivity contribution < 1.29 is 0 Å². The smallest absolute Gasteiger partial charge is 0.187 e. The second kappa shape index (κ2) is 34.7. The largest absolute Gasteiger partial charge is 0.311 e. The van der Waals surface area contributed by atoms with Crippen molar-refractivity contribution in [3.8, 4) is 73.7 Å². The maximum absolute atomic E-state index is 9.72. The van der Waals surface area contributed by atoms with E-state index in [0.717, 1.165) is 118 Å². The number of hydrogen-bond acceptors (Lipinski definition) is 5. The molecule has 0 aliphatic rings. The molecule has 0 unspecified atom stereocenters. The molecule has 0 N–H and O–H groups in total. The molecule has 0 saturated carbocycles. The highest BCUT2D eigenvalue weighted by Gasteiger charge is 2.26. The van der Waals surface area contributed by atoms with Crippen LogP contribution in [0.15, 0.2) is 479 Å². The number of hydrogen-bond donors (Lipinski definition) is 0. The maximum Gasteiger partial charge on any atom is 0.187 e. The molecule has 0 radical (unpaired) electrons. The summed E-state index contributed by atoms with van der Waals surface area (Å²) in [4.78, 5) is 10.4. The minimum absolute atomic E-state index is 0.586. The van der Waals surface area contributed by atoms with Crippen molar-refractivity contribution in [2.75, 3.05) is 14.7 Å². The zero-order valence-electron chi connectivity index (χ0n) is 68.6. The molecule has 9 nitrogen and oxygen atoms in total. The van der Waals surface area contributed by atoms with Gasteiger partial charge in [0, 0.05) is 100 Å². The van der Waals surface area contributed by atoms with Crippen LogP contribution in [0.2, 0.25) is 0 Å². The first-order valence-electron chi connectivity index (χ1n) is 42.1. The van der Waals surface area contributed by atoms with Crippen molar-refractivity contribution in [2.45, 2.75) is 0 Å². The van der Waals surface area contributed by atoms with Gasteiger partial charge in [0.25, 0.3) is 0 Å². The van der Waals surface area contributed by atoms with Crippen LogP contribution >= 0.6 is 0 Å². The Bertz CT molecular complexity index is 7700. The van der Waals surface area contributed by atoms with Crippen molar-refractivity contribution in [1.82, 2.24) is 13.7 Å². The summed E-state index contributed by atoms with van der Waals surface area (Å²) in [6, 6.07) is 171. The molecular formula is C117H79N9. The molecule has 0 spiro atoms. The molecule has 22 rings (SSSR count). The average Bonchev–Trinajstić information content (AvgIpc) is 1.57. The quantitative estimate of drug-likeness (QED) is 0.0901. The van der Waals surface area contributed by atoms with Gasteiger partial charge in [-0.1, -0.05) is 285 Å². The second-order valence-corrected chi connectivity index (χ2v) is 30.9. The lowest BCUT2D eigenvalue weighted by molar-refractivity contribution is 1.18. The molecule has 126 heavy (non-hydrogen) atoms. The molecular weight excluding hydrogens is 1530 g/mol. The normalized spacial score (nSPS) is 11.0. The van der Waals surface area contributed by atoms with Gasteiger partial charge in [-0.15, -0.1) is 0 Å². The van der Waals surface area contributed by atoms with Gasteiger partial charge in [-0.05, 0) is 228 Å².